The zero-order valence-electron chi connectivity index (χ0n) is 15.7. The molecule has 1 unspecified atom stereocenters. The molecule has 2 aromatic rings. The van der Waals surface area contributed by atoms with Crippen molar-refractivity contribution >= 4 is 11.8 Å². The smallest absolute Gasteiger partial charge is 0.254 e. The van der Waals surface area contributed by atoms with E-state index < -0.39 is 0 Å². The van der Waals surface area contributed by atoms with E-state index in [1.54, 1.807) is 35.1 Å². The molecule has 7 heteroatoms. The van der Waals surface area contributed by atoms with Crippen LogP contribution in [0.25, 0.3) is 0 Å². The van der Waals surface area contributed by atoms with Crippen molar-refractivity contribution in [1.29, 1.82) is 0 Å². The van der Waals surface area contributed by atoms with Gasteiger partial charge in [0.1, 0.15) is 6.54 Å². The van der Waals surface area contributed by atoms with Crippen LogP contribution in [0.3, 0.4) is 0 Å². The van der Waals surface area contributed by atoms with Crippen molar-refractivity contribution in [1.82, 2.24) is 9.80 Å². The van der Waals surface area contributed by atoms with Gasteiger partial charge in [0.15, 0.2) is 11.5 Å². The van der Waals surface area contributed by atoms with Crippen molar-refractivity contribution in [3.8, 4) is 11.5 Å². The first-order valence-electron chi connectivity index (χ1n) is 9.17. The number of hydrogen-bond donors (Lipinski definition) is 0. The Bertz CT molecular complexity index is 870. The highest BCUT2D eigenvalue weighted by Gasteiger charge is 2.31. The summed E-state index contributed by atoms with van der Waals surface area (Å²) in [6, 6.07) is 14.9. The number of nitrogens with zero attached hydrogens (tertiary/aromatic N) is 2. The highest BCUT2D eigenvalue weighted by molar-refractivity contribution is 5.97. The molecule has 0 N–H and O–H groups in total. The number of hydrogen-bond acceptors (Lipinski definition) is 5. The Morgan fingerprint density at radius 1 is 1.11 bits per heavy atom. The quantitative estimate of drug-likeness (QED) is 0.808. The third-order valence-corrected chi connectivity index (χ3v) is 4.98. The third-order valence-electron chi connectivity index (χ3n) is 4.98. The summed E-state index contributed by atoms with van der Waals surface area (Å²) in [6.45, 7) is 1.44. The van der Waals surface area contributed by atoms with Gasteiger partial charge in [0.05, 0.1) is 6.10 Å². The van der Waals surface area contributed by atoms with E-state index >= 15 is 0 Å². The molecule has 28 heavy (non-hydrogen) atoms. The molecule has 2 heterocycles. The molecular weight excluding hydrogens is 360 g/mol. The molecule has 0 bridgehead atoms. The van der Waals surface area contributed by atoms with Crippen LogP contribution in [0, 0.1) is 0 Å². The predicted molar refractivity (Wildman–Crippen MR) is 101 cm³/mol. The summed E-state index contributed by atoms with van der Waals surface area (Å²) in [5, 5.41) is 0. The highest BCUT2D eigenvalue weighted by Crippen LogP contribution is 2.33. The molecule has 0 aromatic heterocycles. The fourth-order valence-corrected chi connectivity index (χ4v) is 3.45. The van der Waals surface area contributed by atoms with Crippen molar-refractivity contribution in [3.05, 3.63) is 59.7 Å². The Morgan fingerprint density at radius 3 is 2.68 bits per heavy atom. The Hall–Kier alpha value is -3.06. The zero-order chi connectivity index (χ0) is 19.5. The lowest BCUT2D eigenvalue weighted by Crippen LogP contribution is -2.39. The standard InChI is InChI=1S/C21H22N2O5/c1-26-17-11-22(10-15-5-3-2-4-6-15)20(24)13-23(12-17)21(25)16-7-8-18-19(9-16)28-14-27-18/h2-9,17H,10-14H2,1H3. The van der Waals surface area contributed by atoms with E-state index in [2.05, 4.69) is 0 Å². The summed E-state index contributed by atoms with van der Waals surface area (Å²) in [7, 11) is 1.60. The average Bonchev–Trinajstić information content (AvgIpc) is 3.13. The van der Waals surface area contributed by atoms with Crippen molar-refractivity contribution in [2.45, 2.75) is 12.6 Å². The first-order valence-corrected chi connectivity index (χ1v) is 9.17. The number of ether oxygens (including phenoxy) is 3. The van der Waals surface area contributed by atoms with Crippen molar-refractivity contribution in [3.63, 3.8) is 0 Å². The molecule has 4 rings (SSSR count). The number of amides is 2. The molecule has 2 aliphatic heterocycles. The van der Waals surface area contributed by atoms with E-state index in [4.69, 9.17) is 14.2 Å². The maximum atomic E-state index is 13.0. The molecule has 0 spiro atoms. The van der Waals surface area contributed by atoms with Gasteiger partial charge >= 0.3 is 0 Å². The summed E-state index contributed by atoms with van der Waals surface area (Å²) >= 11 is 0. The SMILES string of the molecule is COC1CN(Cc2ccccc2)C(=O)CN(C(=O)c2ccc3c(c2)OCO3)C1. The summed E-state index contributed by atoms with van der Waals surface area (Å²) < 4.78 is 16.2. The third kappa shape index (κ3) is 3.80. The Morgan fingerprint density at radius 2 is 1.89 bits per heavy atom. The van der Waals surface area contributed by atoms with Gasteiger partial charge in [-0.1, -0.05) is 30.3 Å². The van der Waals surface area contributed by atoms with E-state index in [0.29, 0.717) is 36.7 Å². The number of carbonyl (C=O) groups is 2. The van der Waals surface area contributed by atoms with Gasteiger partial charge in [-0.15, -0.1) is 0 Å². The first kappa shape index (κ1) is 18.3. The van der Waals surface area contributed by atoms with Crippen LogP contribution in [0.2, 0.25) is 0 Å². The number of benzene rings is 2. The molecule has 0 radical (unpaired) electrons. The molecule has 0 aliphatic carbocycles. The number of rotatable bonds is 4. The van der Waals surface area contributed by atoms with Gasteiger partial charge in [0, 0.05) is 32.3 Å². The minimum Gasteiger partial charge on any atom is -0.454 e. The topological polar surface area (TPSA) is 68.3 Å². The first-order chi connectivity index (χ1) is 13.6. The summed E-state index contributed by atoms with van der Waals surface area (Å²) in [5.74, 6) is 0.834. The Balaban J connectivity index is 1.52. The maximum Gasteiger partial charge on any atom is 0.254 e. The van der Waals surface area contributed by atoms with Gasteiger partial charge in [-0.3, -0.25) is 9.59 Å². The van der Waals surface area contributed by atoms with Gasteiger partial charge in [-0.05, 0) is 23.8 Å². The Labute approximate surface area is 163 Å². The lowest BCUT2D eigenvalue weighted by molar-refractivity contribution is -0.132. The van der Waals surface area contributed by atoms with Crippen molar-refractivity contribution in [2.75, 3.05) is 33.5 Å². The fraction of sp³-hybridized carbons (Fsp3) is 0.333. The van der Waals surface area contributed by atoms with E-state index in [9.17, 15) is 9.59 Å². The van der Waals surface area contributed by atoms with Crippen molar-refractivity contribution in [2.24, 2.45) is 0 Å². The zero-order valence-corrected chi connectivity index (χ0v) is 15.7. The second-order valence-electron chi connectivity index (χ2n) is 6.87. The van der Waals surface area contributed by atoms with Crippen LogP contribution in [-0.2, 0) is 16.1 Å². The molecule has 2 aliphatic rings. The van der Waals surface area contributed by atoms with Crippen LogP contribution in [-0.4, -0.2) is 61.3 Å². The average molecular weight is 382 g/mol. The van der Waals surface area contributed by atoms with Crippen LogP contribution >= 0.6 is 0 Å². The molecule has 1 fully saturated rings. The van der Waals surface area contributed by atoms with Crippen LogP contribution in [0.4, 0.5) is 0 Å². The minimum atomic E-state index is -0.256. The summed E-state index contributed by atoms with van der Waals surface area (Å²) in [5.41, 5.74) is 1.50. The molecular formula is C21H22N2O5. The molecule has 2 aromatic carbocycles. The largest absolute Gasteiger partial charge is 0.454 e. The predicted octanol–water partition coefficient (Wildman–Crippen LogP) is 1.91. The van der Waals surface area contributed by atoms with Crippen LogP contribution in [0.5, 0.6) is 11.5 Å². The molecule has 7 nitrogen and oxygen atoms in total. The number of carbonyl (C=O) groups excluding carboxylic acids is 2. The lowest BCUT2D eigenvalue weighted by atomic mass is 10.1. The normalized spacial score (nSPS) is 18.9. The molecule has 146 valence electrons. The molecule has 1 saturated heterocycles. The van der Waals surface area contributed by atoms with Gasteiger partial charge in [-0.2, -0.15) is 0 Å². The second-order valence-corrected chi connectivity index (χ2v) is 6.87. The van der Waals surface area contributed by atoms with E-state index in [0.717, 1.165) is 5.56 Å². The maximum absolute atomic E-state index is 13.0. The molecule has 1 atom stereocenters. The molecule has 0 saturated carbocycles. The lowest BCUT2D eigenvalue weighted by Gasteiger charge is -2.23. The van der Waals surface area contributed by atoms with Crippen LogP contribution in [0.1, 0.15) is 15.9 Å². The van der Waals surface area contributed by atoms with E-state index in [1.807, 2.05) is 30.3 Å². The summed E-state index contributed by atoms with van der Waals surface area (Å²) in [6.07, 6.45) is -0.256. The van der Waals surface area contributed by atoms with Crippen LogP contribution < -0.4 is 9.47 Å². The van der Waals surface area contributed by atoms with Gasteiger partial charge in [-0.25, -0.2) is 0 Å². The van der Waals surface area contributed by atoms with Crippen molar-refractivity contribution < 1.29 is 23.8 Å². The van der Waals surface area contributed by atoms with E-state index in [1.165, 1.54) is 0 Å². The summed E-state index contributed by atoms with van der Waals surface area (Å²) in [4.78, 5) is 29.2. The second kappa shape index (κ2) is 7.90. The van der Waals surface area contributed by atoms with Gasteiger partial charge < -0.3 is 24.0 Å². The van der Waals surface area contributed by atoms with Crippen LogP contribution in [0.15, 0.2) is 48.5 Å². The Kier molecular flexibility index (Phi) is 5.16. The fourth-order valence-electron chi connectivity index (χ4n) is 3.45. The van der Waals surface area contributed by atoms with E-state index in [-0.39, 0.29) is 31.3 Å². The minimum absolute atomic E-state index is 0.0139. The number of methoxy groups -OCH3 is 1. The van der Waals surface area contributed by atoms with Gasteiger partial charge in [0.25, 0.3) is 5.91 Å². The van der Waals surface area contributed by atoms with Gasteiger partial charge in [0.2, 0.25) is 12.7 Å². The number of fused-ring (bicyclic) bond motifs is 1. The molecule has 2 amide bonds. The highest BCUT2D eigenvalue weighted by atomic mass is 16.7. The monoisotopic (exact) mass is 382 g/mol.